The Balaban J connectivity index is 0.00000484. The van der Waals surface area contributed by atoms with Crippen LogP contribution in [0.4, 0.5) is 23.4 Å². The van der Waals surface area contributed by atoms with Crippen LogP contribution in [0.5, 0.6) is 0 Å². The van der Waals surface area contributed by atoms with Crippen LogP contribution >= 0.6 is 0 Å². The van der Waals surface area contributed by atoms with Gasteiger partial charge in [0.25, 0.3) is 0 Å². The minimum Gasteiger partial charge on any atom is -0.478 e. The number of halogens is 3. The molecule has 0 aliphatic rings. The van der Waals surface area contributed by atoms with Crippen molar-refractivity contribution in [2.75, 3.05) is 11.9 Å². The fraction of sp³-hybridized carbons (Fsp3) is 0.385. The van der Waals surface area contributed by atoms with Crippen molar-refractivity contribution in [1.29, 1.82) is 0 Å². The summed E-state index contributed by atoms with van der Waals surface area (Å²) >= 11 is 0. The Labute approximate surface area is 174 Å². The van der Waals surface area contributed by atoms with E-state index in [4.69, 9.17) is 9.84 Å². The molecular weight excluding hydrogens is 341 g/mol. The second kappa shape index (κ2) is 8.02. The van der Waals surface area contributed by atoms with E-state index < -0.39 is 35.7 Å². The predicted molar refractivity (Wildman–Crippen MR) is 76.8 cm³/mol. The van der Waals surface area contributed by atoms with Crippen LogP contribution in [0.25, 0.3) is 0 Å². The monoisotopic (exact) mass is 357 g/mol. The number of carbonyl (C=O) groups excluding carboxylic acids is 1. The molecule has 0 atom stereocenters. The average Bonchev–Trinajstić information content (AvgIpc) is 2.34. The first-order valence-electron chi connectivity index (χ1n) is 6.36. The van der Waals surface area contributed by atoms with Gasteiger partial charge in [-0.05, 0) is 26.8 Å². The second-order valence-corrected chi connectivity index (χ2v) is 5.73. The summed E-state index contributed by atoms with van der Waals surface area (Å²) in [5.41, 5.74) is -2.68. The van der Waals surface area contributed by atoms with Gasteiger partial charge < -0.3 is 22.8 Å². The van der Waals surface area contributed by atoms with Crippen molar-refractivity contribution in [3.63, 3.8) is 0 Å². The molecule has 10 heteroatoms. The largest absolute Gasteiger partial charge is 1.00 e. The zero-order chi connectivity index (χ0) is 17.3. The van der Waals surface area contributed by atoms with Crippen LogP contribution in [-0.2, 0) is 4.74 Å². The first-order valence-corrected chi connectivity index (χ1v) is 6.36. The van der Waals surface area contributed by atoms with Gasteiger partial charge in [0, 0.05) is 12.7 Å². The molecule has 0 radical (unpaired) electrons. The standard InChI is InChI=1S/C13H16BF3NO4.K/c1-13(2,3)22-12(21)18(4)10-6-8(11(19)20)5-9(7-10)14(15,16)17;/h5-7H,1-4H3,(H,19,20);/q-1;+1. The molecule has 0 fully saturated rings. The third kappa shape index (κ3) is 6.84. The topological polar surface area (TPSA) is 66.8 Å². The number of benzene rings is 1. The fourth-order valence-corrected chi connectivity index (χ4v) is 1.58. The molecule has 1 rings (SSSR count). The normalized spacial score (nSPS) is 11.4. The molecule has 1 aromatic carbocycles. The van der Waals surface area contributed by atoms with Crippen LogP contribution in [0, 0.1) is 0 Å². The first kappa shape index (κ1) is 22.5. The Bertz CT molecular complexity index is 602. The quantitative estimate of drug-likeness (QED) is 0.762. The molecule has 0 aromatic heterocycles. The van der Waals surface area contributed by atoms with Crippen molar-refractivity contribution in [2.24, 2.45) is 0 Å². The number of ether oxygens (including phenoxy) is 1. The van der Waals surface area contributed by atoms with E-state index >= 15 is 0 Å². The van der Waals surface area contributed by atoms with Gasteiger partial charge in [-0.25, -0.2) is 9.59 Å². The first-order chi connectivity index (χ1) is 9.81. The Morgan fingerprint density at radius 1 is 1.17 bits per heavy atom. The number of hydrogen-bond donors (Lipinski definition) is 1. The van der Waals surface area contributed by atoms with Crippen molar-refractivity contribution in [3.8, 4) is 0 Å². The number of rotatable bonds is 3. The molecule has 0 bridgehead atoms. The number of anilines is 1. The molecule has 0 saturated carbocycles. The zero-order valence-corrected chi connectivity index (χ0v) is 16.7. The summed E-state index contributed by atoms with van der Waals surface area (Å²) in [6, 6.07) is 2.24. The molecule has 5 nitrogen and oxygen atoms in total. The van der Waals surface area contributed by atoms with Crippen LogP contribution in [0.2, 0.25) is 0 Å². The number of amides is 1. The van der Waals surface area contributed by atoms with Crippen LogP contribution in [-0.4, -0.2) is 36.8 Å². The van der Waals surface area contributed by atoms with Crippen LogP contribution in [0.1, 0.15) is 31.1 Å². The van der Waals surface area contributed by atoms with Crippen molar-refractivity contribution >= 4 is 30.2 Å². The fourth-order valence-electron chi connectivity index (χ4n) is 1.58. The SMILES string of the molecule is CN(C(=O)OC(C)(C)C)c1cc(C(=O)O)cc([B-](F)(F)F)c1.[K+]. The number of carboxylic acids is 1. The number of carbonyl (C=O) groups is 2. The predicted octanol–water partition coefficient (Wildman–Crippen LogP) is -0.185. The molecule has 0 heterocycles. The number of nitrogens with zero attached hydrogens (tertiary/aromatic N) is 1. The van der Waals surface area contributed by atoms with E-state index in [0.29, 0.717) is 6.07 Å². The summed E-state index contributed by atoms with van der Waals surface area (Å²) in [4.78, 5) is 23.7. The van der Waals surface area contributed by atoms with Crippen molar-refractivity contribution < 1.29 is 83.8 Å². The summed E-state index contributed by atoms with van der Waals surface area (Å²) < 4.78 is 43.7. The number of aromatic carboxylic acids is 1. The molecule has 23 heavy (non-hydrogen) atoms. The number of hydrogen-bond acceptors (Lipinski definition) is 3. The zero-order valence-electron chi connectivity index (χ0n) is 13.6. The number of carboxylic acid groups (broad SMARTS) is 1. The Hall–Kier alpha value is -0.549. The van der Waals surface area contributed by atoms with Gasteiger partial charge in [-0.15, -0.1) is 5.46 Å². The van der Waals surface area contributed by atoms with Crippen LogP contribution in [0.15, 0.2) is 18.2 Å². The van der Waals surface area contributed by atoms with E-state index in [1.165, 1.54) is 7.05 Å². The summed E-state index contributed by atoms with van der Waals surface area (Å²) in [6.45, 7) is -0.572. The molecule has 0 aliphatic heterocycles. The third-order valence-corrected chi connectivity index (χ3v) is 2.62. The van der Waals surface area contributed by atoms with Gasteiger partial charge in [0.15, 0.2) is 0 Å². The molecule has 0 unspecified atom stereocenters. The molecule has 0 saturated heterocycles. The van der Waals surface area contributed by atoms with E-state index in [1.807, 2.05) is 0 Å². The summed E-state index contributed by atoms with van der Waals surface area (Å²) in [5.74, 6) is -1.51. The second-order valence-electron chi connectivity index (χ2n) is 5.73. The minimum absolute atomic E-state index is 0. The molecule has 122 valence electrons. The molecule has 1 N–H and O–H groups in total. The van der Waals surface area contributed by atoms with E-state index in [-0.39, 0.29) is 57.1 Å². The van der Waals surface area contributed by atoms with Crippen LogP contribution in [0.3, 0.4) is 0 Å². The maximum Gasteiger partial charge on any atom is 1.00 e. The van der Waals surface area contributed by atoms with E-state index in [0.717, 1.165) is 17.0 Å². The van der Waals surface area contributed by atoms with Gasteiger partial charge in [0.2, 0.25) is 0 Å². The molecule has 1 amide bonds. The summed E-state index contributed by atoms with van der Waals surface area (Å²) in [6.07, 6.45) is -0.879. The maximum atomic E-state index is 12.9. The molecular formula is C13H16BF3KNO4. The van der Waals surface area contributed by atoms with Gasteiger partial charge in [-0.3, -0.25) is 4.90 Å². The van der Waals surface area contributed by atoms with E-state index in [9.17, 15) is 22.5 Å². The van der Waals surface area contributed by atoms with Gasteiger partial charge in [-0.2, -0.15) is 0 Å². The Kier molecular flexibility index (Phi) is 7.83. The van der Waals surface area contributed by atoms with Gasteiger partial charge in [0.05, 0.1) is 5.56 Å². The van der Waals surface area contributed by atoms with Crippen molar-refractivity contribution in [1.82, 2.24) is 0 Å². The third-order valence-electron chi connectivity index (χ3n) is 2.62. The smallest absolute Gasteiger partial charge is 0.478 e. The van der Waals surface area contributed by atoms with E-state index in [2.05, 4.69) is 0 Å². The van der Waals surface area contributed by atoms with Crippen molar-refractivity contribution in [2.45, 2.75) is 26.4 Å². The minimum atomic E-state index is -5.40. The van der Waals surface area contributed by atoms with Gasteiger partial charge in [0.1, 0.15) is 5.60 Å². The van der Waals surface area contributed by atoms with Crippen molar-refractivity contribution in [3.05, 3.63) is 23.8 Å². The molecule has 0 spiro atoms. The average molecular weight is 357 g/mol. The van der Waals surface area contributed by atoms with Crippen LogP contribution < -0.4 is 61.7 Å². The molecule has 1 aromatic rings. The Morgan fingerprint density at radius 3 is 2.09 bits per heavy atom. The van der Waals surface area contributed by atoms with Gasteiger partial charge in [-0.1, -0.05) is 12.1 Å². The Morgan fingerprint density at radius 2 is 1.70 bits per heavy atom. The maximum absolute atomic E-state index is 12.9. The summed E-state index contributed by atoms with van der Waals surface area (Å²) in [5, 5.41) is 8.91. The van der Waals surface area contributed by atoms with E-state index in [1.54, 1.807) is 20.8 Å². The van der Waals surface area contributed by atoms with Gasteiger partial charge >= 0.3 is 70.4 Å². The molecule has 0 aliphatic carbocycles. The summed E-state index contributed by atoms with van der Waals surface area (Å²) in [7, 11) is 1.21.